The summed E-state index contributed by atoms with van der Waals surface area (Å²) >= 11 is 1.60. The highest BCUT2D eigenvalue weighted by Crippen LogP contribution is 2.36. The lowest BCUT2D eigenvalue weighted by atomic mass is 9.78. The van der Waals surface area contributed by atoms with Gasteiger partial charge in [0.2, 0.25) is 11.7 Å². The van der Waals surface area contributed by atoms with Crippen molar-refractivity contribution in [1.82, 2.24) is 15.0 Å². The van der Waals surface area contributed by atoms with E-state index in [-0.39, 0.29) is 17.7 Å². The number of likely N-dealkylation sites (tertiary alicyclic amines) is 1. The first kappa shape index (κ1) is 21.6. The lowest BCUT2D eigenvalue weighted by Gasteiger charge is -2.35. The van der Waals surface area contributed by atoms with Gasteiger partial charge in [-0.15, -0.1) is 0 Å². The molecular formula is C23H26FN3O3S. The highest BCUT2D eigenvalue weighted by atomic mass is 32.1. The van der Waals surface area contributed by atoms with E-state index in [1.54, 1.807) is 23.5 Å². The Balaban J connectivity index is 1.37. The number of hydrogen-bond acceptors (Lipinski definition) is 7. The van der Waals surface area contributed by atoms with Gasteiger partial charge in [-0.25, -0.2) is 4.39 Å². The molecule has 4 rings (SSSR count). The monoisotopic (exact) mass is 443 g/mol. The van der Waals surface area contributed by atoms with Crippen molar-refractivity contribution in [2.24, 2.45) is 5.92 Å². The molecule has 31 heavy (non-hydrogen) atoms. The summed E-state index contributed by atoms with van der Waals surface area (Å²) in [5.41, 5.74) is 1.96. The normalized spacial score (nSPS) is 16.3. The molecule has 0 unspecified atom stereocenters. The number of thiophene rings is 1. The lowest BCUT2D eigenvalue weighted by Crippen LogP contribution is -2.35. The number of halogens is 1. The van der Waals surface area contributed by atoms with Gasteiger partial charge in [-0.05, 0) is 73.8 Å². The van der Waals surface area contributed by atoms with E-state index in [9.17, 15) is 9.18 Å². The summed E-state index contributed by atoms with van der Waals surface area (Å²) in [6.07, 6.45) is 2.19. The maximum atomic E-state index is 13.4. The average Bonchev–Trinajstić information content (AvgIpc) is 3.46. The topological polar surface area (TPSA) is 68.5 Å². The Morgan fingerprint density at radius 3 is 2.74 bits per heavy atom. The highest BCUT2D eigenvalue weighted by molar-refractivity contribution is 7.08. The molecule has 0 radical (unpaired) electrons. The van der Waals surface area contributed by atoms with Gasteiger partial charge in [0.25, 0.3) is 0 Å². The number of nitrogens with zero attached hydrogens (tertiary/aromatic N) is 3. The smallest absolute Gasteiger partial charge is 0.306 e. The van der Waals surface area contributed by atoms with E-state index in [0.29, 0.717) is 37.2 Å². The molecular weight excluding hydrogens is 417 g/mol. The van der Waals surface area contributed by atoms with Gasteiger partial charge in [-0.1, -0.05) is 17.3 Å². The summed E-state index contributed by atoms with van der Waals surface area (Å²) < 4.78 is 24.0. The predicted octanol–water partition coefficient (Wildman–Crippen LogP) is 4.89. The minimum Gasteiger partial charge on any atom is -0.466 e. The van der Waals surface area contributed by atoms with E-state index in [0.717, 1.165) is 37.1 Å². The quantitative estimate of drug-likeness (QED) is 0.462. The Kier molecular flexibility index (Phi) is 7.09. The van der Waals surface area contributed by atoms with Gasteiger partial charge in [-0.2, -0.15) is 16.3 Å². The number of ether oxygens (including phenoxy) is 1. The third-order valence-corrected chi connectivity index (χ3v) is 6.48. The van der Waals surface area contributed by atoms with E-state index in [4.69, 9.17) is 9.26 Å². The average molecular weight is 444 g/mol. The Morgan fingerprint density at radius 1 is 1.29 bits per heavy atom. The van der Waals surface area contributed by atoms with Gasteiger partial charge in [0, 0.05) is 10.9 Å². The molecule has 0 aliphatic carbocycles. The van der Waals surface area contributed by atoms with Crippen LogP contribution in [0.1, 0.15) is 43.6 Å². The first-order valence-corrected chi connectivity index (χ1v) is 11.5. The third kappa shape index (κ3) is 5.57. The third-order valence-electron chi connectivity index (χ3n) is 5.80. The molecule has 0 saturated carbocycles. The Bertz CT molecular complexity index is 966. The molecule has 2 aromatic heterocycles. The maximum Gasteiger partial charge on any atom is 0.306 e. The molecule has 8 heteroatoms. The zero-order chi connectivity index (χ0) is 21.6. The highest BCUT2D eigenvalue weighted by Gasteiger charge is 2.30. The largest absolute Gasteiger partial charge is 0.466 e. The molecule has 3 heterocycles. The van der Waals surface area contributed by atoms with Gasteiger partial charge in [0.05, 0.1) is 19.6 Å². The van der Waals surface area contributed by atoms with Crippen LogP contribution >= 0.6 is 11.3 Å². The minimum absolute atomic E-state index is 0.0235. The number of rotatable bonds is 8. The number of carbonyl (C=O) groups excluding carboxylic acids is 1. The second kappa shape index (κ2) is 10.2. The fourth-order valence-electron chi connectivity index (χ4n) is 4.20. The molecule has 0 amide bonds. The van der Waals surface area contributed by atoms with Gasteiger partial charge in [-0.3, -0.25) is 9.69 Å². The van der Waals surface area contributed by atoms with Crippen LogP contribution in [0, 0.1) is 11.7 Å². The molecule has 0 bridgehead atoms. The van der Waals surface area contributed by atoms with E-state index in [1.807, 2.05) is 23.8 Å². The summed E-state index contributed by atoms with van der Waals surface area (Å²) in [4.78, 5) is 19.0. The number of piperidine rings is 1. The van der Waals surface area contributed by atoms with Crippen LogP contribution in [0.25, 0.3) is 11.4 Å². The van der Waals surface area contributed by atoms with Crippen LogP contribution in [0.2, 0.25) is 0 Å². The second-order valence-corrected chi connectivity index (χ2v) is 8.58. The van der Waals surface area contributed by atoms with Gasteiger partial charge in [0.15, 0.2) is 0 Å². The second-order valence-electron chi connectivity index (χ2n) is 7.80. The van der Waals surface area contributed by atoms with Crippen molar-refractivity contribution in [1.29, 1.82) is 0 Å². The zero-order valence-electron chi connectivity index (χ0n) is 17.5. The van der Waals surface area contributed by atoms with Crippen molar-refractivity contribution in [2.45, 2.75) is 38.6 Å². The Morgan fingerprint density at radius 2 is 2.06 bits per heavy atom. The summed E-state index contributed by atoms with van der Waals surface area (Å²) in [6, 6.07) is 8.47. The molecule has 1 saturated heterocycles. The standard InChI is InChI=1S/C23H26FN3O3S/c1-2-29-22(28)13-20(16-3-5-19(24)6-4-16)17-7-10-27(11-8-17)14-21-25-23(26-30-21)18-9-12-31-15-18/h3-6,9,12,15,17,20H,2,7-8,10-11,13-14H2,1H3/t20-/m1/s1. The van der Waals surface area contributed by atoms with Crippen LogP contribution in [0.15, 0.2) is 45.6 Å². The van der Waals surface area contributed by atoms with Crippen LogP contribution in [0.3, 0.4) is 0 Å². The minimum atomic E-state index is -0.269. The SMILES string of the molecule is CCOC(=O)C[C@H](c1ccc(F)cc1)C1CCN(Cc2nc(-c3ccsc3)no2)CC1. The number of esters is 1. The molecule has 164 valence electrons. The number of benzene rings is 1. The molecule has 0 N–H and O–H groups in total. The zero-order valence-corrected chi connectivity index (χ0v) is 18.3. The first-order valence-electron chi connectivity index (χ1n) is 10.6. The van der Waals surface area contributed by atoms with Crippen LogP contribution in [0.4, 0.5) is 4.39 Å². The molecule has 1 aliphatic rings. The molecule has 0 spiro atoms. The van der Waals surface area contributed by atoms with E-state index < -0.39 is 0 Å². The van der Waals surface area contributed by atoms with E-state index in [1.165, 1.54) is 12.1 Å². The Labute approximate surface area is 185 Å². The first-order chi connectivity index (χ1) is 15.1. The lowest BCUT2D eigenvalue weighted by molar-refractivity contribution is -0.144. The summed E-state index contributed by atoms with van der Waals surface area (Å²) in [5.74, 6) is 1.12. The van der Waals surface area contributed by atoms with Crippen molar-refractivity contribution in [3.05, 3.63) is 58.4 Å². The number of carbonyl (C=O) groups is 1. The number of hydrogen-bond donors (Lipinski definition) is 0. The molecule has 6 nitrogen and oxygen atoms in total. The van der Waals surface area contributed by atoms with Crippen LogP contribution < -0.4 is 0 Å². The fraction of sp³-hybridized carbons (Fsp3) is 0.435. The fourth-order valence-corrected chi connectivity index (χ4v) is 4.83. The van der Waals surface area contributed by atoms with E-state index >= 15 is 0 Å². The summed E-state index contributed by atoms with van der Waals surface area (Å²) in [7, 11) is 0. The van der Waals surface area contributed by atoms with Crippen molar-refractivity contribution in [3.63, 3.8) is 0 Å². The molecule has 1 fully saturated rings. The molecule has 1 atom stereocenters. The van der Waals surface area contributed by atoms with Crippen molar-refractivity contribution in [2.75, 3.05) is 19.7 Å². The Hall–Kier alpha value is -2.58. The number of aromatic nitrogens is 2. The summed E-state index contributed by atoms with van der Waals surface area (Å²) in [5, 5.41) is 8.07. The summed E-state index contributed by atoms with van der Waals surface area (Å²) in [6.45, 7) is 4.54. The van der Waals surface area contributed by atoms with Gasteiger partial charge >= 0.3 is 5.97 Å². The van der Waals surface area contributed by atoms with Crippen molar-refractivity contribution < 1.29 is 18.4 Å². The molecule has 1 aromatic carbocycles. The van der Waals surface area contributed by atoms with Gasteiger partial charge < -0.3 is 9.26 Å². The molecule has 1 aliphatic heterocycles. The van der Waals surface area contributed by atoms with Crippen molar-refractivity contribution in [3.8, 4) is 11.4 Å². The maximum absolute atomic E-state index is 13.4. The van der Waals surface area contributed by atoms with Crippen LogP contribution in [-0.2, 0) is 16.1 Å². The van der Waals surface area contributed by atoms with Gasteiger partial charge in [0.1, 0.15) is 5.82 Å². The van der Waals surface area contributed by atoms with Crippen LogP contribution in [0.5, 0.6) is 0 Å². The van der Waals surface area contributed by atoms with E-state index in [2.05, 4.69) is 15.0 Å². The van der Waals surface area contributed by atoms with Crippen molar-refractivity contribution >= 4 is 17.3 Å². The van der Waals surface area contributed by atoms with Crippen LogP contribution in [-0.4, -0.2) is 40.7 Å². The molecule has 3 aromatic rings. The predicted molar refractivity (Wildman–Crippen MR) is 116 cm³/mol.